The number of rotatable bonds is 6. The predicted molar refractivity (Wildman–Crippen MR) is 72.6 cm³/mol. The van der Waals surface area contributed by atoms with E-state index in [2.05, 4.69) is 0 Å². The second-order valence-corrected chi connectivity index (χ2v) is 4.23. The molecule has 0 fully saturated rings. The van der Waals surface area contributed by atoms with Crippen molar-refractivity contribution >= 4 is 28.9 Å². The van der Waals surface area contributed by atoms with Crippen LogP contribution < -0.4 is 10.6 Å². The van der Waals surface area contributed by atoms with Gasteiger partial charge in [0, 0.05) is 25.9 Å². The number of aromatic carboxylic acids is 1. The van der Waals surface area contributed by atoms with Gasteiger partial charge in [0.25, 0.3) is 0 Å². The molecule has 0 atom stereocenters. The third-order valence-corrected chi connectivity index (χ3v) is 2.76. The molecule has 0 saturated carbocycles. The smallest absolute Gasteiger partial charge is 0.337 e. The molecule has 0 saturated heterocycles. The Morgan fingerprint density at radius 1 is 1.56 bits per heavy atom. The number of nitrogen functional groups attached to an aromatic ring is 1. The molecule has 0 aliphatic heterocycles. The van der Waals surface area contributed by atoms with Crippen molar-refractivity contribution in [3.8, 4) is 0 Å². The lowest BCUT2D eigenvalue weighted by molar-refractivity contribution is 0.0697. The fourth-order valence-corrected chi connectivity index (χ4v) is 2.00. The normalized spacial score (nSPS) is 10.4. The van der Waals surface area contributed by atoms with Gasteiger partial charge >= 0.3 is 5.97 Å². The van der Waals surface area contributed by atoms with Crippen molar-refractivity contribution in [2.75, 3.05) is 37.4 Å². The number of ether oxygens (including phenoxy) is 1. The van der Waals surface area contributed by atoms with Gasteiger partial charge < -0.3 is 20.5 Å². The molecule has 0 aliphatic rings. The van der Waals surface area contributed by atoms with Crippen LogP contribution in [0, 0.1) is 0 Å². The van der Waals surface area contributed by atoms with Crippen LogP contribution in [0.15, 0.2) is 12.1 Å². The molecule has 0 heterocycles. The van der Waals surface area contributed by atoms with Crippen molar-refractivity contribution in [1.82, 2.24) is 0 Å². The molecule has 1 aromatic carbocycles. The molecule has 0 aliphatic carbocycles. The predicted octanol–water partition coefficient (Wildman–Crippen LogP) is 2.09. The summed E-state index contributed by atoms with van der Waals surface area (Å²) in [5, 5.41) is 9.49. The van der Waals surface area contributed by atoms with Crippen molar-refractivity contribution in [2.45, 2.75) is 6.92 Å². The number of hydrogen-bond donors (Lipinski definition) is 2. The summed E-state index contributed by atoms with van der Waals surface area (Å²) >= 11 is 6.06. The molecule has 1 aromatic rings. The Labute approximate surface area is 111 Å². The zero-order valence-corrected chi connectivity index (χ0v) is 11.2. The maximum Gasteiger partial charge on any atom is 0.337 e. The van der Waals surface area contributed by atoms with Gasteiger partial charge in [0.05, 0.1) is 22.9 Å². The number of likely N-dealkylation sites (N-methyl/N-ethyl adjacent to an activating group) is 1. The van der Waals surface area contributed by atoms with E-state index in [-0.39, 0.29) is 5.56 Å². The number of carboxylic acids is 1. The maximum absolute atomic E-state index is 11.2. The number of nitrogens with zero attached hydrogens (tertiary/aromatic N) is 1. The first-order chi connectivity index (χ1) is 8.47. The van der Waals surface area contributed by atoms with E-state index >= 15 is 0 Å². The van der Waals surface area contributed by atoms with E-state index in [1.54, 1.807) is 18.0 Å². The summed E-state index contributed by atoms with van der Waals surface area (Å²) < 4.78 is 5.23. The van der Waals surface area contributed by atoms with Gasteiger partial charge in [-0.15, -0.1) is 0 Å². The van der Waals surface area contributed by atoms with Crippen molar-refractivity contribution in [3.63, 3.8) is 0 Å². The molecule has 0 unspecified atom stereocenters. The lowest BCUT2D eigenvalue weighted by Crippen LogP contribution is -2.25. The summed E-state index contributed by atoms with van der Waals surface area (Å²) in [5.74, 6) is -1.05. The van der Waals surface area contributed by atoms with Crippen LogP contribution in [0.5, 0.6) is 0 Å². The average Bonchev–Trinajstić information content (AvgIpc) is 2.27. The third-order valence-electron chi connectivity index (χ3n) is 2.47. The highest BCUT2D eigenvalue weighted by atomic mass is 35.5. The number of halogens is 1. The summed E-state index contributed by atoms with van der Waals surface area (Å²) in [6, 6.07) is 2.95. The van der Waals surface area contributed by atoms with Crippen LogP contribution in [0.4, 0.5) is 11.4 Å². The quantitative estimate of drug-likeness (QED) is 0.613. The van der Waals surface area contributed by atoms with E-state index in [4.69, 9.17) is 27.2 Å². The molecule has 0 amide bonds. The van der Waals surface area contributed by atoms with Gasteiger partial charge in [-0.25, -0.2) is 4.79 Å². The van der Waals surface area contributed by atoms with Gasteiger partial charge in [0.1, 0.15) is 0 Å². The fourth-order valence-electron chi connectivity index (χ4n) is 1.63. The molecule has 3 N–H and O–H groups in total. The Morgan fingerprint density at radius 2 is 2.22 bits per heavy atom. The highest BCUT2D eigenvalue weighted by molar-refractivity contribution is 6.34. The minimum absolute atomic E-state index is 0.0963. The molecule has 0 aromatic heterocycles. The Balaban J connectivity index is 3.02. The number of nitrogens with two attached hydrogens (primary N) is 1. The van der Waals surface area contributed by atoms with E-state index in [0.717, 1.165) is 0 Å². The maximum atomic E-state index is 11.2. The molecule has 0 spiro atoms. The Kier molecular flexibility index (Phi) is 5.25. The first kappa shape index (κ1) is 14.6. The summed E-state index contributed by atoms with van der Waals surface area (Å²) in [4.78, 5) is 12.9. The standard InChI is InChI=1S/C12H17ClN2O3/c1-3-18-5-4-15(2)11-9(12(16)17)6-8(14)7-10(11)13/h6-7H,3-5,14H2,1-2H3,(H,16,17). The van der Waals surface area contributed by atoms with Crippen LogP contribution in [0.3, 0.4) is 0 Å². The fraction of sp³-hybridized carbons (Fsp3) is 0.417. The number of anilines is 2. The van der Waals surface area contributed by atoms with E-state index in [1.165, 1.54) is 6.07 Å². The van der Waals surface area contributed by atoms with Crippen molar-refractivity contribution < 1.29 is 14.6 Å². The molecule has 0 radical (unpaired) electrons. The summed E-state index contributed by atoms with van der Waals surface area (Å²) in [6.07, 6.45) is 0. The number of carbonyl (C=O) groups is 1. The second kappa shape index (κ2) is 6.47. The largest absolute Gasteiger partial charge is 0.478 e. The van der Waals surface area contributed by atoms with Crippen LogP contribution in [-0.4, -0.2) is 37.9 Å². The van der Waals surface area contributed by atoms with Crippen LogP contribution >= 0.6 is 11.6 Å². The van der Waals surface area contributed by atoms with E-state index in [9.17, 15) is 4.79 Å². The summed E-state index contributed by atoms with van der Waals surface area (Å²) in [5.41, 5.74) is 6.48. The summed E-state index contributed by atoms with van der Waals surface area (Å²) in [6.45, 7) is 3.58. The Hall–Kier alpha value is -1.46. The van der Waals surface area contributed by atoms with Crippen LogP contribution in [0.1, 0.15) is 17.3 Å². The van der Waals surface area contributed by atoms with Gasteiger partial charge in [0.2, 0.25) is 0 Å². The second-order valence-electron chi connectivity index (χ2n) is 3.82. The number of carboxylic acid groups (broad SMARTS) is 1. The van der Waals surface area contributed by atoms with Crippen molar-refractivity contribution in [3.05, 3.63) is 22.7 Å². The third kappa shape index (κ3) is 3.51. The topological polar surface area (TPSA) is 75.8 Å². The molecule has 0 bridgehead atoms. The lowest BCUT2D eigenvalue weighted by Gasteiger charge is -2.22. The van der Waals surface area contributed by atoms with Gasteiger partial charge in [-0.3, -0.25) is 0 Å². The van der Waals surface area contributed by atoms with Crippen LogP contribution in [0.25, 0.3) is 0 Å². The molecule has 1 rings (SSSR count). The minimum atomic E-state index is -1.05. The zero-order chi connectivity index (χ0) is 13.7. The van der Waals surface area contributed by atoms with Crippen LogP contribution in [-0.2, 0) is 4.74 Å². The Morgan fingerprint density at radius 3 is 2.78 bits per heavy atom. The molecule has 100 valence electrons. The molecular formula is C12H17ClN2O3. The van der Waals surface area contributed by atoms with Gasteiger partial charge in [0.15, 0.2) is 0 Å². The van der Waals surface area contributed by atoms with E-state index in [1.807, 2.05) is 6.92 Å². The summed E-state index contributed by atoms with van der Waals surface area (Å²) in [7, 11) is 1.77. The van der Waals surface area contributed by atoms with E-state index in [0.29, 0.717) is 36.2 Å². The molecule has 6 heteroatoms. The van der Waals surface area contributed by atoms with Gasteiger partial charge in [-0.2, -0.15) is 0 Å². The number of benzene rings is 1. The first-order valence-electron chi connectivity index (χ1n) is 5.58. The monoisotopic (exact) mass is 272 g/mol. The SMILES string of the molecule is CCOCCN(C)c1c(Cl)cc(N)cc1C(=O)O. The van der Waals surface area contributed by atoms with Gasteiger partial charge in [-0.1, -0.05) is 11.6 Å². The van der Waals surface area contributed by atoms with Crippen molar-refractivity contribution in [1.29, 1.82) is 0 Å². The Bertz CT molecular complexity index is 438. The molecule has 18 heavy (non-hydrogen) atoms. The lowest BCUT2D eigenvalue weighted by atomic mass is 10.1. The molecular weight excluding hydrogens is 256 g/mol. The van der Waals surface area contributed by atoms with Crippen LogP contribution in [0.2, 0.25) is 5.02 Å². The number of hydrogen-bond acceptors (Lipinski definition) is 4. The van der Waals surface area contributed by atoms with Crippen molar-refractivity contribution in [2.24, 2.45) is 0 Å². The molecule has 5 nitrogen and oxygen atoms in total. The van der Waals surface area contributed by atoms with Gasteiger partial charge in [-0.05, 0) is 19.1 Å². The zero-order valence-electron chi connectivity index (χ0n) is 10.4. The minimum Gasteiger partial charge on any atom is -0.478 e. The van der Waals surface area contributed by atoms with E-state index < -0.39 is 5.97 Å². The highest BCUT2D eigenvalue weighted by Crippen LogP contribution is 2.31. The average molecular weight is 273 g/mol. The highest BCUT2D eigenvalue weighted by Gasteiger charge is 2.18. The first-order valence-corrected chi connectivity index (χ1v) is 5.96.